The van der Waals surface area contributed by atoms with Crippen LogP contribution in [0.25, 0.3) is 0 Å². The maximum Gasteiger partial charge on any atom is 1.00 e. The van der Waals surface area contributed by atoms with Crippen LogP contribution >= 0.6 is 11.6 Å². The van der Waals surface area contributed by atoms with Gasteiger partial charge in [0.2, 0.25) is 11.8 Å². The normalized spacial score (nSPS) is 14.9. The van der Waals surface area contributed by atoms with Crippen molar-refractivity contribution in [1.29, 1.82) is 0 Å². The molecule has 8 heteroatoms. The van der Waals surface area contributed by atoms with Crippen LogP contribution in [0.1, 0.15) is 77.0 Å². The fraction of sp³-hybridized carbons (Fsp3) is 0.462. The number of unbranched alkanes of at least 4 members (excludes halogenated alkanes) is 1. The Balaban J connectivity index is 0.000000625. The minimum Gasteiger partial charge on any atom is -1.00 e. The van der Waals surface area contributed by atoms with Crippen LogP contribution in [0, 0.1) is 11.6 Å². The summed E-state index contributed by atoms with van der Waals surface area (Å²) in [4.78, 5) is 25.2. The number of piperidine rings is 1. The van der Waals surface area contributed by atoms with Crippen LogP contribution in [0.4, 0.5) is 8.78 Å². The van der Waals surface area contributed by atoms with E-state index < -0.39 is 0 Å². The van der Waals surface area contributed by atoms with E-state index in [1.54, 1.807) is 24.3 Å². The van der Waals surface area contributed by atoms with E-state index in [1.807, 2.05) is 18.7 Å². The maximum atomic E-state index is 12.8. The van der Waals surface area contributed by atoms with Gasteiger partial charge in [-0.15, -0.1) is 11.6 Å². The van der Waals surface area contributed by atoms with Crippen molar-refractivity contribution in [2.75, 3.05) is 12.4 Å². The molecule has 0 saturated carbocycles. The van der Waals surface area contributed by atoms with Crippen LogP contribution in [0.5, 0.6) is 0 Å². The van der Waals surface area contributed by atoms with Crippen molar-refractivity contribution in [3.05, 3.63) is 71.3 Å². The van der Waals surface area contributed by atoms with Gasteiger partial charge in [-0.05, 0) is 74.9 Å². The van der Waals surface area contributed by atoms with Gasteiger partial charge < -0.3 is 11.6 Å². The number of benzene rings is 2. The molecule has 0 bridgehead atoms. The van der Waals surface area contributed by atoms with Gasteiger partial charge in [-0.3, -0.25) is 9.59 Å². The van der Waals surface area contributed by atoms with Crippen LogP contribution in [-0.4, -0.2) is 29.1 Å². The summed E-state index contributed by atoms with van der Waals surface area (Å²) in [6.07, 6.45) is 4.83. The van der Waals surface area contributed by atoms with Gasteiger partial charge in [0, 0.05) is 25.3 Å². The van der Waals surface area contributed by atoms with E-state index in [0.29, 0.717) is 18.7 Å². The molecule has 2 amide bonds. The molecule has 1 heterocycles. The number of nitrogens with zero attached hydrogens (tertiary/aromatic N) is 1. The third-order valence-corrected chi connectivity index (χ3v) is 5.98. The molecule has 0 aliphatic carbocycles. The molecule has 1 saturated heterocycles. The number of likely N-dealkylation sites (tertiary alicyclic amines) is 1. The Labute approximate surface area is 230 Å². The van der Waals surface area contributed by atoms with Gasteiger partial charge in [0.25, 0.3) is 0 Å². The van der Waals surface area contributed by atoms with Gasteiger partial charge in [-0.25, -0.2) is 8.78 Å². The van der Waals surface area contributed by atoms with Gasteiger partial charge in [0.15, 0.2) is 0 Å². The van der Waals surface area contributed by atoms with Crippen molar-refractivity contribution in [3.8, 4) is 0 Å². The zero-order valence-electron chi connectivity index (χ0n) is 21.3. The summed E-state index contributed by atoms with van der Waals surface area (Å²) in [7, 11) is 0. The second-order valence-electron chi connectivity index (χ2n) is 8.26. The standard InChI is InChI=1S/C13H17ClFNO.C13H16FNO.Na.H/c1-10(11-5-7-12(15)8-6-11)16-13(17)4-2-3-9-14;1-10(11-5-7-12(14)8-6-11)15-9-3-2-4-13(15)16;;/h5-8,10H,2-4,9H2,1H3,(H,16,17);5-8,10H,2-4,9H2,1H3;;/q;;+1;-1. The quantitative estimate of drug-likeness (QED) is 0.341. The Kier molecular flexibility index (Phi) is 14.6. The summed E-state index contributed by atoms with van der Waals surface area (Å²) in [5.74, 6) is 0.297. The molecule has 0 aromatic heterocycles. The predicted octanol–water partition coefficient (Wildman–Crippen LogP) is 3.43. The largest absolute Gasteiger partial charge is 1.00 e. The Morgan fingerprint density at radius 1 is 1.00 bits per heavy atom. The summed E-state index contributed by atoms with van der Waals surface area (Å²) in [5.41, 5.74) is 1.90. The molecule has 4 nitrogen and oxygen atoms in total. The van der Waals surface area contributed by atoms with Crippen molar-refractivity contribution < 1.29 is 49.4 Å². The van der Waals surface area contributed by atoms with E-state index in [-0.39, 0.29) is 66.5 Å². The molecule has 2 atom stereocenters. The molecule has 0 spiro atoms. The Hall–Kier alpha value is -1.47. The van der Waals surface area contributed by atoms with E-state index in [1.165, 1.54) is 24.3 Å². The third-order valence-electron chi connectivity index (χ3n) is 5.71. The molecular formula is C26H34ClF2N2NaO2. The number of carbonyl (C=O) groups excluding carboxylic acids is 2. The first kappa shape index (κ1) is 30.6. The van der Waals surface area contributed by atoms with Crippen LogP contribution in [-0.2, 0) is 9.59 Å². The number of carbonyl (C=O) groups is 2. The minimum atomic E-state index is -0.269. The summed E-state index contributed by atoms with van der Waals surface area (Å²) >= 11 is 5.53. The van der Waals surface area contributed by atoms with Crippen molar-refractivity contribution in [2.24, 2.45) is 0 Å². The number of alkyl halides is 1. The number of halogens is 3. The van der Waals surface area contributed by atoms with Gasteiger partial charge in [0.05, 0.1) is 12.1 Å². The summed E-state index contributed by atoms with van der Waals surface area (Å²) < 4.78 is 25.5. The second-order valence-corrected chi connectivity index (χ2v) is 8.64. The van der Waals surface area contributed by atoms with Gasteiger partial charge >= 0.3 is 29.6 Å². The van der Waals surface area contributed by atoms with E-state index >= 15 is 0 Å². The zero-order chi connectivity index (χ0) is 24.2. The monoisotopic (exact) mass is 502 g/mol. The van der Waals surface area contributed by atoms with E-state index in [4.69, 9.17) is 11.6 Å². The number of rotatable bonds is 8. The first-order valence-electron chi connectivity index (χ1n) is 11.5. The van der Waals surface area contributed by atoms with Crippen molar-refractivity contribution in [3.63, 3.8) is 0 Å². The number of hydrogen-bond donors (Lipinski definition) is 1. The molecular weight excluding hydrogens is 469 g/mol. The fourth-order valence-corrected chi connectivity index (χ4v) is 3.88. The Morgan fingerprint density at radius 2 is 1.56 bits per heavy atom. The smallest absolute Gasteiger partial charge is 1.00 e. The van der Waals surface area contributed by atoms with Gasteiger partial charge in [-0.2, -0.15) is 0 Å². The Morgan fingerprint density at radius 3 is 2.09 bits per heavy atom. The molecule has 0 radical (unpaired) electrons. The summed E-state index contributed by atoms with van der Waals surface area (Å²) in [6, 6.07) is 12.5. The third kappa shape index (κ3) is 10.4. The van der Waals surface area contributed by atoms with Gasteiger partial charge in [0.1, 0.15) is 11.6 Å². The number of nitrogens with one attached hydrogen (secondary N) is 1. The molecule has 2 unspecified atom stereocenters. The average Bonchev–Trinajstić information content (AvgIpc) is 2.80. The average molecular weight is 503 g/mol. The van der Waals surface area contributed by atoms with Crippen LogP contribution in [0.3, 0.4) is 0 Å². The van der Waals surface area contributed by atoms with Crippen LogP contribution < -0.4 is 34.9 Å². The first-order chi connectivity index (χ1) is 15.8. The number of amides is 2. The molecule has 1 fully saturated rings. The molecule has 34 heavy (non-hydrogen) atoms. The Bertz CT molecular complexity index is 888. The molecule has 1 N–H and O–H groups in total. The van der Waals surface area contributed by atoms with Crippen molar-refractivity contribution >= 4 is 23.4 Å². The molecule has 182 valence electrons. The second kappa shape index (κ2) is 16.2. The minimum absolute atomic E-state index is 0. The van der Waals surface area contributed by atoms with Crippen LogP contribution in [0.2, 0.25) is 0 Å². The van der Waals surface area contributed by atoms with Gasteiger partial charge in [-0.1, -0.05) is 24.3 Å². The molecule has 2 aromatic rings. The topological polar surface area (TPSA) is 49.4 Å². The zero-order valence-corrected chi connectivity index (χ0v) is 23.1. The van der Waals surface area contributed by atoms with Crippen molar-refractivity contribution in [1.82, 2.24) is 10.2 Å². The maximum absolute atomic E-state index is 12.8. The van der Waals surface area contributed by atoms with Crippen molar-refractivity contribution in [2.45, 2.75) is 64.5 Å². The number of hydrogen-bond acceptors (Lipinski definition) is 2. The molecule has 2 aromatic carbocycles. The predicted molar refractivity (Wildman–Crippen MR) is 129 cm³/mol. The molecule has 3 rings (SSSR count). The first-order valence-corrected chi connectivity index (χ1v) is 12.0. The summed E-state index contributed by atoms with van der Waals surface area (Å²) in [5, 5.41) is 2.87. The molecule has 1 aliphatic rings. The molecule has 1 aliphatic heterocycles. The SMILES string of the molecule is CC(NC(=O)CCCCCl)c1ccc(F)cc1.CC(c1ccc(F)cc1)N1CCCCC1=O.[H-].[Na+]. The van der Waals surface area contributed by atoms with E-state index in [0.717, 1.165) is 43.4 Å². The van der Waals surface area contributed by atoms with E-state index in [2.05, 4.69) is 5.32 Å². The van der Waals surface area contributed by atoms with E-state index in [9.17, 15) is 18.4 Å². The summed E-state index contributed by atoms with van der Waals surface area (Å²) in [6.45, 7) is 4.69. The van der Waals surface area contributed by atoms with Crippen LogP contribution in [0.15, 0.2) is 48.5 Å². The fourth-order valence-electron chi connectivity index (χ4n) is 3.69.